The molecule has 0 aromatic heterocycles. The quantitative estimate of drug-likeness (QED) is 0.422. The lowest BCUT2D eigenvalue weighted by molar-refractivity contribution is -0.169. The minimum absolute atomic E-state index is 0.0296. The van der Waals surface area contributed by atoms with Crippen LogP contribution in [0, 0.1) is 0 Å². The molecule has 1 atom stereocenters. The van der Waals surface area contributed by atoms with Crippen LogP contribution in [0.3, 0.4) is 0 Å². The number of thioether (sulfide) groups is 2. The number of esters is 2. The van der Waals surface area contributed by atoms with E-state index in [9.17, 15) is 14.7 Å². The van der Waals surface area contributed by atoms with Gasteiger partial charge in [-0.15, -0.1) is 11.8 Å². The summed E-state index contributed by atoms with van der Waals surface area (Å²) < 4.78 is 10.6. The van der Waals surface area contributed by atoms with Crippen LogP contribution in [0.1, 0.15) is 6.92 Å². The number of hydrogen-bond donors (Lipinski definition) is 1. The van der Waals surface area contributed by atoms with Crippen molar-refractivity contribution in [3.05, 3.63) is 69.2 Å². The van der Waals surface area contributed by atoms with E-state index in [0.29, 0.717) is 19.8 Å². The van der Waals surface area contributed by atoms with Gasteiger partial charge >= 0.3 is 11.9 Å². The van der Waals surface area contributed by atoms with E-state index in [1.165, 1.54) is 11.8 Å². The van der Waals surface area contributed by atoms with E-state index in [1.54, 1.807) is 55.5 Å². The molecule has 1 N–H and O–H groups in total. The fraction of sp³-hybridized carbons (Fsp3) is 0.200. The van der Waals surface area contributed by atoms with Crippen LogP contribution in [0.25, 0.3) is 0 Å². The number of halogens is 2. The second-order valence-corrected chi connectivity index (χ2v) is 8.75. The first-order chi connectivity index (χ1) is 13.9. The van der Waals surface area contributed by atoms with Crippen LogP contribution in [0.4, 0.5) is 0 Å². The van der Waals surface area contributed by atoms with Gasteiger partial charge in [0.25, 0.3) is 5.60 Å². The van der Waals surface area contributed by atoms with Gasteiger partial charge in [-0.2, -0.15) is 0 Å². The molecule has 0 amide bonds. The minimum Gasteiger partial charge on any atom is -0.501 e. The number of aliphatic hydroxyl groups excluding tert-OH is 1. The van der Waals surface area contributed by atoms with Crippen molar-refractivity contribution in [2.75, 3.05) is 12.4 Å². The SMILES string of the molecule is CCOC(=O)C1(CSc2ccccc2Cl)OC(=O)C(O)=C1Sc1ccccc1Cl. The molecule has 3 rings (SSSR count). The van der Waals surface area contributed by atoms with E-state index in [2.05, 4.69) is 0 Å². The Balaban J connectivity index is 2.01. The topological polar surface area (TPSA) is 72.8 Å². The van der Waals surface area contributed by atoms with E-state index in [1.807, 2.05) is 0 Å². The zero-order valence-corrected chi connectivity index (χ0v) is 18.3. The van der Waals surface area contributed by atoms with Crippen molar-refractivity contribution in [1.82, 2.24) is 0 Å². The first kappa shape index (κ1) is 21.9. The highest BCUT2D eigenvalue weighted by Crippen LogP contribution is 2.48. The Hall–Kier alpha value is -1.80. The van der Waals surface area contributed by atoms with Crippen LogP contribution in [-0.2, 0) is 19.1 Å². The second kappa shape index (κ2) is 9.34. The van der Waals surface area contributed by atoms with Gasteiger partial charge in [-0.3, -0.25) is 0 Å². The molecule has 5 nitrogen and oxygen atoms in total. The molecule has 0 spiro atoms. The summed E-state index contributed by atoms with van der Waals surface area (Å²) in [7, 11) is 0. The third-order valence-electron chi connectivity index (χ3n) is 3.96. The summed E-state index contributed by atoms with van der Waals surface area (Å²) in [6.45, 7) is 1.73. The number of carbonyl (C=O) groups is 2. The van der Waals surface area contributed by atoms with Crippen molar-refractivity contribution < 1.29 is 24.2 Å². The Bertz CT molecular complexity index is 979. The number of aliphatic hydroxyl groups is 1. The highest BCUT2D eigenvalue weighted by Gasteiger charge is 2.56. The normalized spacial score (nSPS) is 18.7. The van der Waals surface area contributed by atoms with Crippen LogP contribution in [0.2, 0.25) is 10.0 Å². The number of benzene rings is 2. The molecule has 1 unspecified atom stereocenters. The van der Waals surface area contributed by atoms with Gasteiger partial charge in [-0.1, -0.05) is 59.2 Å². The fourth-order valence-corrected chi connectivity index (χ4v) is 5.36. The molecule has 0 fully saturated rings. The summed E-state index contributed by atoms with van der Waals surface area (Å²) in [5.74, 6) is -2.43. The van der Waals surface area contributed by atoms with Gasteiger partial charge in [0.05, 0.1) is 27.3 Å². The van der Waals surface area contributed by atoms with E-state index in [-0.39, 0.29) is 17.3 Å². The molecular weight excluding hydrogens is 455 g/mol. The van der Waals surface area contributed by atoms with Gasteiger partial charge in [0.2, 0.25) is 5.76 Å². The minimum atomic E-state index is -1.81. The fourth-order valence-electron chi connectivity index (χ4n) is 2.58. The van der Waals surface area contributed by atoms with Gasteiger partial charge in [-0.25, -0.2) is 9.59 Å². The van der Waals surface area contributed by atoms with Crippen LogP contribution in [0.5, 0.6) is 0 Å². The smallest absolute Gasteiger partial charge is 0.375 e. The third-order valence-corrected chi connectivity index (χ3v) is 7.37. The standard InChI is InChI=1S/C20H16Cl2O5S2/c1-2-26-19(25)20(11-28-14-9-5-3-7-12(14)21)17(16(23)18(24)27-20)29-15-10-6-4-8-13(15)22/h3-10,23H,2,11H2,1H3. The molecule has 0 saturated carbocycles. The molecule has 1 heterocycles. The molecule has 0 aliphatic carbocycles. The maximum absolute atomic E-state index is 12.9. The third kappa shape index (κ3) is 4.53. The van der Waals surface area contributed by atoms with Gasteiger partial charge in [0.1, 0.15) is 0 Å². The molecule has 0 radical (unpaired) electrons. The van der Waals surface area contributed by atoms with E-state index in [0.717, 1.165) is 11.8 Å². The van der Waals surface area contributed by atoms with Crippen molar-refractivity contribution in [2.24, 2.45) is 0 Å². The maximum atomic E-state index is 12.9. The Kier molecular flexibility index (Phi) is 7.05. The average Bonchev–Trinajstić information content (AvgIpc) is 2.94. The molecule has 0 saturated heterocycles. The number of hydrogen-bond acceptors (Lipinski definition) is 7. The molecule has 29 heavy (non-hydrogen) atoms. The molecule has 1 aliphatic rings. The molecule has 2 aromatic carbocycles. The molecule has 1 aliphatic heterocycles. The van der Waals surface area contributed by atoms with E-state index in [4.69, 9.17) is 32.7 Å². The Morgan fingerprint density at radius 2 is 1.69 bits per heavy atom. The lowest BCUT2D eigenvalue weighted by Crippen LogP contribution is -2.44. The van der Waals surface area contributed by atoms with Gasteiger partial charge in [-0.05, 0) is 31.2 Å². The van der Waals surface area contributed by atoms with Crippen LogP contribution in [-0.4, -0.2) is 35.0 Å². The number of rotatable bonds is 7. The van der Waals surface area contributed by atoms with Gasteiger partial charge in [0.15, 0.2) is 0 Å². The Morgan fingerprint density at radius 3 is 2.28 bits per heavy atom. The molecule has 152 valence electrons. The first-order valence-electron chi connectivity index (χ1n) is 8.53. The zero-order chi connectivity index (χ0) is 21.0. The summed E-state index contributed by atoms with van der Waals surface area (Å²) in [5.41, 5.74) is -1.81. The number of cyclic esters (lactones) is 1. The largest absolute Gasteiger partial charge is 0.501 e. The van der Waals surface area contributed by atoms with E-state index >= 15 is 0 Å². The summed E-state index contributed by atoms with van der Waals surface area (Å²) in [4.78, 5) is 26.4. The van der Waals surface area contributed by atoms with Crippen molar-refractivity contribution in [3.8, 4) is 0 Å². The lowest BCUT2D eigenvalue weighted by atomic mass is 10.1. The van der Waals surface area contributed by atoms with Gasteiger partial charge in [0, 0.05) is 9.79 Å². The maximum Gasteiger partial charge on any atom is 0.375 e. The number of carbonyl (C=O) groups excluding carboxylic acids is 2. The highest BCUT2D eigenvalue weighted by atomic mass is 35.5. The van der Waals surface area contributed by atoms with Crippen molar-refractivity contribution in [2.45, 2.75) is 22.3 Å². The second-order valence-electron chi connectivity index (χ2n) is 5.87. The van der Waals surface area contributed by atoms with Crippen molar-refractivity contribution >= 4 is 58.7 Å². The highest BCUT2D eigenvalue weighted by molar-refractivity contribution is 8.03. The van der Waals surface area contributed by atoms with Crippen molar-refractivity contribution in [3.63, 3.8) is 0 Å². The summed E-state index contributed by atoms with van der Waals surface area (Å²) in [6.07, 6.45) is 0. The Labute approximate surface area is 186 Å². The van der Waals surface area contributed by atoms with Crippen LogP contribution in [0.15, 0.2) is 69.0 Å². The Morgan fingerprint density at radius 1 is 1.10 bits per heavy atom. The predicted octanol–water partition coefficient (Wildman–Crippen LogP) is 5.51. The van der Waals surface area contributed by atoms with Crippen molar-refractivity contribution in [1.29, 1.82) is 0 Å². The average molecular weight is 471 g/mol. The summed E-state index contributed by atoms with van der Waals surface area (Å²) in [6, 6.07) is 14.0. The van der Waals surface area contributed by atoms with Crippen LogP contribution >= 0.6 is 46.7 Å². The zero-order valence-electron chi connectivity index (χ0n) is 15.2. The van der Waals surface area contributed by atoms with Crippen LogP contribution < -0.4 is 0 Å². The van der Waals surface area contributed by atoms with Gasteiger partial charge < -0.3 is 14.6 Å². The first-order valence-corrected chi connectivity index (χ1v) is 11.1. The molecule has 9 heteroatoms. The summed E-state index contributed by atoms with van der Waals surface area (Å²) in [5, 5.41) is 11.3. The van der Waals surface area contributed by atoms with E-state index < -0.39 is 23.3 Å². The monoisotopic (exact) mass is 470 g/mol. The lowest BCUT2D eigenvalue weighted by Gasteiger charge is -2.27. The summed E-state index contributed by atoms with van der Waals surface area (Å²) >= 11 is 14.6. The molecule has 0 bridgehead atoms. The molecule has 2 aromatic rings. The predicted molar refractivity (Wildman–Crippen MR) is 115 cm³/mol. The number of ether oxygens (including phenoxy) is 2. The molecular formula is C20H16Cl2O5S2.